The number of pyridine rings is 1. The highest BCUT2D eigenvalue weighted by molar-refractivity contribution is 9.10. The molecule has 0 amide bonds. The first kappa shape index (κ1) is 16.9. The molecule has 0 atom stereocenters. The molecule has 0 radical (unpaired) electrons. The summed E-state index contributed by atoms with van der Waals surface area (Å²) >= 11 is 3.22. The highest BCUT2D eigenvalue weighted by atomic mass is 79.9. The van der Waals surface area contributed by atoms with E-state index in [0.29, 0.717) is 30.1 Å². The van der Waals surface area contributed by atoms with Crippen LogP contribution in [0.5, 0.6) is 0 Å². The molecule has 1 aromatic heterocycles. The lowest BCUT2D eigenvalue weighted by molar-refractivity contribution is 0.0278. The molecular weight excluding hydrogens is 356 g/mol. The van der Waals surface area contributed by atoms with Gasteiger partial charge in [-0.1, -0.05) is 19.3 Å². The molecule has 1 aliphatic rings. The maximum absolute atomic E-state index is 12.0. The van der Waals surface area contributed by atoms with Crippen LogP contribution in [0.4, 0.5) is 0 Å². The Bertz CT molecular complexity index is 545. The van der Waals surface area contributed by atoms with E-state index in [0.717, 1.165) is 12.8 Å². The van der Waals surface area contributed by atoms with E-state index in [1.54, 1.807) is 6.20 Å². The number of sulfonamides is 1. The molecule has 0 aromatic carbocycles. The fourth-order valence-corrected chi connectivity index (χ4v) is 3.96. The average Bonchev–Trinajstić information content (AvgIpc) is 2.48. The van der Waals surface area contributed by atoms with Gasteiger partial charge in [-0.25, -0.2) is 13.1 Å². The van der Waals surface area contributed by atoms with E-state index < -0.39 is 10.0 Å². The summed E-state index contributed by atoms with van der Waals surface area (Å²) in [6.45, 7) is 0.978. The molecule has 1 N–H and O–H groups in total. The van der Waals surface area contributed by atoms with Gasteiger partial charge in [0.1, 0.15) is 4.90 Å². The van der Waals surface area contributed by atoms with Crippen molar-refractivity contribution in [3.63, 3.8) is 0 Å². The number of ether oxygens (including phenoxy) is 1. The van der Waals surface area contributed by atoms with Crippen molar-refractivity contribution < 1.29 is 13.2 Å². The minimum atomic E-state index is -3.49. The third kappa shape index (κ3) is 5.65. The summed E-state index contributed by atoms with van der Waals surface area (Å²) in [4.78, 5) is 4.04. The predicted octanol–water partition coefficient (Wildman–Crippen LogP) is 2.86. The van der Waals surface area contributed by atoms with Crippen LogP contribution in [0, 0.1) is 0 Å². The van der Waals surface area contributed by atoms with E-state index in [1.165, 1.54) is 31.5 Å². The van der Waals surface area contributed by atoms with Gasteiger partial charge in [-0.15, -0.1) is 0 Å². The minimum Gasteiger partial charge on any atom is -0.378 e. The van der Waals surface area contributed by atoms with Gasteiger partial charge in [-0.05, 0) is 41.3 Å². The van der Waals surface area contributed by atoms with Crippen LogP contribution in [0.15, 0.2) is 27.8 Å². The number of nitrogens with one attached hydrogen (secondary N) is 1. The van der Waals surface area contributed by atoms with Crippen LogP contribution in [-0.2, 0) is 14.8 Å². The molecule has 0 spiro atoms. The minimum absolute atomic E-state index is 0.171. The van der Waals surface area contributed by atoms with Gasteiger partial charge in [0.15, 0.2) is 0 Å². The van der Waals surface area contributed by atoms with Crippen molar-refractivity contribution in [2.75, 3.05) is 13.2 Å². The molecular formula is C14H21BrN2O3S. The zero-order chi connectivity index (χ0) is 15.1. The van der Waals surface area contributed by atoms with Crippen LogP contribution in [0.3, 0.4) is 0 Å². The van der Waals surface area contributed by atoms with Gasteiger partial charge in [-0.3, -0.25) is 4.98 Å². The molecule has 0 saturated heterocycles. The van der Waals surface area contributed by atoms with Crippen molar-refractivity contribution in [3.05, 3.63) is 22.9 Å². The van der Waals surface area contributed by atoms with E-state index in [9.17, 15) is 8.42 Å². The summed E-state index contributed by atoms with van der Waals surface area (Å²) in [7, 11) is -3.49. The van der Waals surface area contributed by atoms with E-state index in [2.05, 4.69) is 25.6 Å². The lowest BCUT2D eigenvalue weighted by atomic mass is 9.98. The van der Waals surface area contributed by atoms with E-state index in [-0.39, 0.29) is 4.90 Å². The first-order valence-corrected chi connectivity index (χ1v) is 9.57. The molecule has 0 unspecified atom stereocenters. The molecule has 1 heterocycles. The van der Waals surface area contributed by atoms with Gasteiger partial charge in [0.2, 0.25) is 10.0 Å². The summed E-state index contributed by atoms with van der Waals surface area (Å²) in [6, 6.07) is 1.54. The van der Waals surface area contributed by atoms with Crippen molar-refractivity contribution in [2.24, 2.45) is 0 Å². The SMILES string of the molecule is O=S(=O)(NCCCOC1CCCCC1)c1cncc(Br)c1. The summed E-state index contributed by atoms with van der Waals surface area (Å²) in [6.07, 6.45) is 10.00. The van der Waals surface area contributed by atoms with Crippen LogP contribution in [-0.4, -0.2) is 32.7 Å². The third-order valence-corrected chi connectivity index (χ3v) is 5.37. The second-order valence-electron chi connectivity index (χ2n) is 5.22. The van der Waals surface area contributed by atoms with Crippen LogP contribution in [0.2, 0.25) is 0 Å². The van der Waals surface area contributed by atoms with Crippen molar-refractivity contribution in [1.29, 1.82) is 0 Å². The second-order valence-corrected chi connectivity index (χ2v) is 7.90. The molecule has 1 saturated carbocycles. The summed E-state index contributed by atoms with van der Waals surface area (Å²) in [5.41, 5.74) is 0. The number of aromatic nitrogens is 1. The summed E-state index contributed by atoms with van der Waals surface area (Å²) in [5, 5.41) is 0. The van der Waals surface area contributed by atoms with Gasteiger partial charge >= 0.3 is 0 Å². The number of hydrogen-bond donors (Lipinski definition) is 1. The Balaban J connectivity index is 1.70. The Kier molecular flexibility index (Phi) is 6.60. The van der Waals surface area contributed by atoms with Crippen molar-refractivity contribution >= 4 is 26.0 Å². The molecule has 0 bridgehead atoms. The smallest absolute Gasteiger partial charge is 0.242 e. The second kappa shape index (κ2) is 8.22. The fourth-order valence-electron chi connectivity index (χ4n) is 2.38. The largest absolute Gasteiger partial charge is 0.378 e. The molecule has 1 fully saturated rings. The van der Waals surface area contributed by atoms with Gasteiger partial charge in [0.25, 0.3) is 0 Å². The first-order chi connectivity index (χ1) is 10.1. The highest BCUT2D eigenvalue weighted by Gasteiger charge is 2.15. The average molecular weight is 377 g/mol. The lowest BCUT2D eigenvalue weighted by Gasteiger charge is -2.21. The maximum atomic E-state index is 12.0. The maximum Gasteiger partial charge on any atom is 0.242 e. The molecule has 21 heavy (non-hydrogen) atoms. The number of halogens is 1. The van der Waals surface area contributed by atoms with Gasteiger partial charge in [0, 0.05) is 30.0 Å². The molecule has 1 aliphatic carbocycles. The molecule has 0 aliphatic heterocycles. The number of hydrogen-bond acceptors (Lipinski definition) is 4. The number of nitrogens with zero attached hydrogens (tertiary/aromatic N) is 1. The monoisotopic (exact) mass is 376 g/mol. The van der Waals surface area contributed by atoms with Gasteiger partial charge in [-0.2, -0.15) is 0 Å². The Hall–Kier alpha value is -0.500. The quantitative estimate of drug-likeness (QED) is 0.742. The van der Waals surface area contributed by atoms with Crippen LogP contribution >= 0.6 is 15.9 Å². The highest BCUT2D eigenvalue weighted by Crippen LogP contribution is 2.20. The molecule has 118 valence electrons. The molecule has 1 aromatic rings. The van der Waals surface area contributed by atoms with Crippen molar-refractivity contribution in [2.45, 2.75) is 49.5 Å². The molecule has 5 nitrogen and oxygen atoms in total. The van der Waals surface area contributed by atoms with Crippen LogP contribution in [0.1, 0.15) is 38.5 Å². The van der Waals surface area contributed by atoms with Crippen LogP contribution in [0.25, 0.3) is 0 Å². The Morgan fingerprint density at radius 2 is 2.05 bits per heavy atom. The topological polar surface area (TPSA) is 68.3 Å². The predicted molar refractivity (Wildman–Crippen MR) is 84.6 cm³/mol. The zero-order valence-corrected chi connectivity index (χ0v) is 14.3. The van der Waals surface area contributed by atoms with Crippen LogP contribution < -0.4 is 4.72 Å². The summed E-state index contributed by atoms with van der Waals surface area (Å²) < 4.78 is 33.1. The summed E-state index contributed by atoms with van der Waals surface area (Å²) in [5.74, 6) is 0. The number of rotatable bonds is 7. The lowest BCUT2D eigenvalue weighted by Crippen LogP contribution is -2.26. The molecule has 2 rings (SSSR count). The Morgan fingerprint density at radius 3 is 2.76 bits per heavy atom. The van der Waals surface area contributed by atoms with E-state index >= 15 is 0 Å². The van der Waals surface area contributed by atoms with Crippen molar-refractivity contribution in [3.8, 4) is 0 Å². The Labute approximate surface area is 134 Å². The first-order valence-electron chi connectivity index (χ1n) is 7.30. The van der Waals surface area contributed by atoms with Crippen molar-refractivity contribution in [1.82, 2.24) is 9.71 Å². The fraction of sp³-hybridized carbons (Fsp3) is 0.643. The van der Waals surface area contributed by atoms with E-state index in [1.807, 2.05) is 0 Å². The zero-order valence-electron chi connectivity index (χ0n) is 11.9. The Morgan fingerprint density at radius 1 is 1.29 bits per heavy atom. The van der Waals surface area contributed by atoms with Gasteiger partial charge < -0.3 is 4.74 Å². The molecule has 7 heteroatoms. The standard InChI is InChI=1S/C14H21BrN2O3S/c15-12-9-14(11-16-10-12)21(18,19)17-7-4-8-20-13-5-2-1-3-6-13/h9-11,13,17H,1-8H2. The van der Waals surface area contributed by atoms with E-state index in [4.69, 9.17) is 4.74 Å². The van der Waals surface area contributed by atoms with Gasteiger partial charge in [0.05, 0.1) is 6.10 Å². The normalized spacial score (nSPS) is 17.0. The third-order valence-electron chi connectivity index (χ3n) is 3.51.